The zero-order valence-electron chi connectivity index (χ0n) is 12.6. The minimum Gasteiger partial charge on any atom is -0.378 e. The van der Waals surface area contributed by atoms with Gasteiger partial charge in [0.2, 0.25) is 0 Å². The summed E-state index contributed by atoms with van der Waals surface area (Å²) < 4.78 is 0. The molecule has 0 unspecified atom stereocenters. The number of nitrogens with one attached hydrogen (secondary N) is 1. The molecule has 0 saturated heterocycles. The molecule has 2 aromatic rings. The zero-order valence-corrected chi connectivity index (χ0v) is 14.2. The first-order valence-electron chi connectivity index (χ1n) is 7.31. The van der Waals surface area contributed by atoms with E-state index in [4.69, 9.17) is 23.2 Å². The maximum Gasteiger partial charge on any atom is 0.137 e. The van der Waals surface area contributed by atoms with Crippen LogP contribution in [0.25, 0.3) is 0 Å². The fraction of sp³-hybridized carbons (Fsp3) is 0.278. The Hall–Kier alpha value is -1.51. The summed E-state index contributed by atoms with van der Waals surface area (Å²) >= 11 is 11.9. The molecule has 2 rings (SSSR count). The molecular weight excluding hydrogens is 317 g/mol. The normalized spacial score (nSPS) is 13.5. The molecule has 0 amide bonds. The summed E-state index contributed by atoms with van der Waals surface area (Å²) in [5.74, 6) is 0.0864. The van der Waals surface area contributed by atoms with Crippen molar-refractivity contribution in [2.45, 2.75) is 26.3 Å². The summed E-state index contributed by atoms with van der Waals surface area (Å²) in [6.45, 7) is 3.84. The number of Topliss-reactive ketones (excluding diaryl/α,β-unsaturated/α-hetero) is 1. The van der Waals surface area contributed by atoms with E-state index in [2.05, 4.69) is 5.32 Å². The molecule has 2 aromatic carbocycles. The lowest BCUT2D eigenvalue weighted by molar-refractivity contribution is -0.122. The molecule has 0 fully saturated rings. The average Bonchev–Trinajstić information content (AvgIpc) is 2.54. The van der Waals surface area contributed by atoms with Gasteiger partial charge in [0.1, 0.15) is 5.78 Å². The predicted octanol–water partition coefficient (Wildman–Crippen LogP) is 5.76. The Balaban J connectivity index is 2.30. The first-order valence-corrected chi connectivity index (χ1v) is 8.07. The number of carbonyl (C=O) groups is 1. The van der Waals surface area contributed by atoms with Gasteiger partial charge in [-0.3, -0.25) is 4.79 Å². The van der Waals surface area contributed by atoms with Crippen LogP contribution in [0.3, 0.4) is 0 Å². The third-order valence-corrected chi connectivity index (χ3v) is 4.26. The molecule has 22 heavy (non-hydrogen) atoms. The Kier molecular flexibility index (Phi) is 5.87. The highest BCUT2D eigenvalue weighted by Crippen LogP contribution is 2.29. The standard InChI is InChI=1S/C18H19Cl2NO/c1-3-17(22)12(2)18(13-4-6-14(19)7-5-13)21-16-10-8-15(20)9-11-16/h4-12,18,21H,3H2,1-2H3/t12-,18-/m0/s1. The SMILES string of the molecule is CCC(=O)[C@H](C)[C@H](Nc1ccc(Cl)cc1)c1ccc(Cl)cc1. The molecule has 2 atom stereocenters. The number of rotatable bonds is 6. The number of halogens is 2. The Labute approximate surface area is 141 Å². The summed E-state index contributed by atoms with van der Waals surface area (Å²) in [5, 5.41) is 4.80. The van der Waals surface area contributed by atoms with Gasteiger partial charge in [-0.15, -0.1) is 0 Å². The van der Waals surface area contributed by atoms with Crippen molar-refractivity contribution in [1.82, 2.24) is 0 Å². The van der Waals surface area contributed by atoms with Gasteiger partial charge in [-0.05, 0) is 42.0 Å². The lowest BCUT2D eigenvalue weighted by Crippen LogP contribution is -2.25. The summed E-state index contributed by atoms with van der Waals surface area (Å²) in [7, 11) is 0. The fourth-order valence-corrected chi connectivity index (χ4v) is 2.65. The van der Waals surface area contributed by atoms with E-state index in [1.165, 1.54) is 0 Å². The number of anilines is 1. The zero-order chi connectivity index (χ0) is 16.1. The van der Waals surface area contributed by atoms with Gasteiger partial charge >= 0.3 is 0 Å². The van der Waals surface area contributed by atoms with E-state index >= 15 is 0 Å². The van der Waals surface area contributed by atoms with Crippen molar-refractivity contribution in [1.29, 1.82) is 0 Å². The van der Waals surface area contributed by atoms with E-state index in [0.717, 1.165) is 11.3 Å². The number of carbonyl (C=O) groups excluding carboxylic acids is 1. The van der Waals surface area contributed by atoms with E-state index in [1.54, 1.807) is 0 Å². The van der Waals surface area contributed by atoms with E-state index < -0.39 is 0 Å². The average molecular weight is 336 g/mol. The van der Waals surface area contributed by atoms with Crippen LogP contribution in [0.15, 0.2) is 48.5 Å². The highest BCUT2D eigenvalue weighted by molar-refractivity contribution is 6.30. The van der Waals surface area contributed by atoms with Crippen molar-refractivity contribution in [3.8, 4) is 0 Å². The monoisotopic (exact) mass is 335 g/mol. The Morgan fingerprint density at radius 3 is 2.00 bits per heavy atom. The molecule has 0 aromatic heterocycles. The third-order valence-electron chi connectivity index (χ3n) is 3.75. The summed E-state index contributed by atoms with van der Waals surface area (Å²) in [6, 6.07) is 15.0. The maximum absolute atomic E-state index is 12.2. The lowest BCUT2D eigenvalue weighted by Gasteiger charge is -2.26. The summed E-state index contributed by atoms with van der Waals surface area (Å²) in [5.41, 5.74) is 1.97. The molecule has 2 nitrogen and oxygen atoms in total. The van der Waals surface area contributed by atoms with Crippen molar-refractivity contribution >= 4 is 34.7 Å². The van der Waals surface area contributed by atoms with Gasteiger partial charge in [0.15, 0.2) is 0 Å². The molecule has 0 aliphatic heterocycles. The first-order chi connectivity index (χ1) is 10.5. The van der Waals surface area contributed by atoms with Gasteiger partial charge in [0, 0.05) is 28.1 Å². The highest BCUT2D eigenvalue weighted by atomic mass is 35.5. The van der Waals surface area contributed by atoms with Crippen LogP contribution in [-0.2, 0) is 4.79 Å². The number of ketones is 1. The number of benzene rings is 2. The molecule has 0 bridgehead atoms. The molecule has 0 radical (unpaired) electrons. The molecule has 0 heterocycles. The second-order valence-electron chi connectivity index (χ2n) is 5.29. The molecule has 4 heteroatoms. The number of hydrogen-bond acceptors (Lipinski definition) is 2. The van der Waals surface area contributed by atoms with Crippen LogP contribution in [0.2, 0.25) is 10.0 Å². The number of hydrogen-bond donors (Lipinski definition) is 1. The van der Waals surface area contributed by atoms with E-state index in [1.807, 2.05) is 62.4 Å². The third kappa shape index (κ3) is 4.25. The molecular formula is C18H19Cl2NO. The molecule has 0 aliphatic rings. The van der Waals surface area contributed by atoms with E-state index in [-0.39, 0.29) is 17.7 Å². The lowest BCUT2D eigenvalue weighted by atomic mass is 9.90. The Morgan fingerprint density at radius 2 is 1.50 bits per heavy atom. The van der Waals surface area contributed by atoms with Gasteiger partial charge in [-0.1, -0.05) is 49.2 Å². The fourth-order valence-electron chi connectivity index (χ4n) is 2.40. The van der Waals surface area contributed by atoms with Gasteiger partial charge in [0.25, 0.3) is 0 Å². The Bertz CT molecular complexity index is 623. The predicted molar refractivity (Wildman–Crippen MR) is 93.7 cm³/mol. The van der Waals surface area contributed by atoms with Gasteiger partial charge < -0.3 is 5.32 Å². The van der Waals surface area contributed by atoms with Crippen LogP contribution >= 0.6 is 23.2 Å². The van der Waals surface area contributed by atoms with E-state index in [0.29, 0.717) is 16.5 Å². The topological polar surface area (TPSA) is 29.1 Å². The second kappa shape index (κ2) is 7.66. The van der Waals surface area contributed by atoms with E-state index in [9.17, 15) is 4.79 Å². The van der Waals surface area contributed by atoms with Crippen LogP contribution in [0.5, 0.6) is 0 Å². The largest absolute Gasteiger partial charge is 0.378 e. The first kappa shape index (κ1) is 16.9. The minimum atomic E-state index is -0.137. The maximum atomic E-state index is 12.2. The molecule has 116 valence electrons. The van der Waals surface area contributed by atoms with Gasteiger partial charge in [0.05, 0.1) is 6.04 Å². The minimum absolute atomic E-state index is 0.106. The van der Waals surface area contributed by atoms with Crippen LogP contribution in [0, 0.1) is 5.92 Å². The van der Waals surface area contributed by atoms with Crippen LogP contribution in [-0.4, -0.2) is 5.78 Å². The van der Waals surface area contributed by atoms with Gasteiger partial charge in [-0.2, -0.15) is 0 Å². The summed E-state index contributed by atoms with van der Waals surface area (Å²) in [4.78, 5) is 12.2. The van der Waals surface area contributed by atoms with Crippen molar-refractivity contribution < 1.29 is 4.79 Å². The van der Waals surface area contributed by atoms with Gasteiger partial charge in [-0.25, -0.2) is 0 Å². The molecule has 1 N–H and O–H groups in total. The molecule has 0 saturated carbocycles. The van der Waals surface area contributed by atoms with Crippen molar-refractivity contribution in [2.24, 2.45) is 5.92 Å². The van der Waals surface area contributed by atoms with Crippen LogP contribution in [0.1, 0.15) is 31.9 Å². The summed E-state index contributed by atoms with van der Waals surface area (Å²) in [6.07, 6.45) is 0.521. The second-order valence-corrected chi connectivity index (χ2v) is 6.16. The Morgan fingerprint density at radius 1 is 1.00 bits per heavy atom. The molecule has 0 spiro atoms. The smallest absolute Gasteiger partial charge is 0.137 e. The van der Waals surface area contributed by atoms with Crippen LogP contribution in [0.4, 0.5) is 5.69 Å². The van der Waals surface area contributed by atoms with Crippen molar-refractivity contribution in [3.05, 3.63) is 64.1 Å². The highest BCUT2D eigenvalue weighted by Gasteiger charge is 2.24. The van der Waals surface area contributed by atoms with Crippen molar-refractivity contribution in [2.75, 3.05) is 5.32 Å². The quantitative estimate of drug-likeness (QED) is 0.726. The van der Waals surface area contributed by atoms with Crippen molar-refractivity contribution in [3.63, 3.8) is 0 Å². The van der Waals surface area contributed by atoms with Crippen LogP contribution < -0.4 is 5.32 Å². The molecule has 0 aliphatic carbocycles.